The van der Waals surface area contributed by atoms with Gasteiger partial charge in [0, 0.05) is 31.6 Å². The van der Waals surface area contributed by atoms with Crippen LogP contribution in [0.2, 0.25) is 0 Å². The molecule has 1 rings (SSSR count). The zero-order valence-corrected chi connectivity index (χ0v) is 12.5. The van der Waals surface area contributed by atoms with Crippen LogP contribution in [-0.4, -0.2) is 49.7 Å². The molecular formula is C14H28N2O2. The molecule has 1 fully saturated rings. The second kappa shape index (κ2) is 6.53. The molecule has 0 spiro atoms. The number of hydrogen-bond acceptors (Lipinski definition) is 3. The minimum atomic E-state index is -0.327. The van der Waals surface area contributed by atoms with Gasteiger partial charge in [0.1, 0.15) is 0 Å². The van der Waals surface area contributed by atoms with Crippen molar-refractivity contribution in [2.45, 2.75) is 40.7 Å². The summed E-state index contributed by atoms with van der Waals surface area (Å²) in [5.74, 6) is 0.764. The molecule has 0 bridgehead atoms. The Balaban J connectivity index is 2.32. The minimum absolute atomic E-state index is 0.0899. The largest absolute Gasteiger partial charge is 0.374 e. The van der Waals surface area contributed by atoms with Crippen LogP contribution in [0.3, 0.4) is 0 Å². The third-order valence-corrected chi connectivity index (χ3v) is 3.02. The molecule has 4 nitrogen and oxygen atoms in total. The fourth-order valence-corrected chi connectivity index (χ4v) is 2.06. The standard InChI is InChI=1S/C14H28N2O2/c1-11(2)9-16-6-7-18-12(10-16)8-15-13(17)14(3,4)5/h11-12H,6-10H2,1-5H3,(H,15,17). The Hall–Kier alpha value is -0.610. The molecule has 1 heterocycles. The first-order valence-electron chi connectivity index (χ1n) is 6.91. The molecule has 1 aliphatic rings. The van der Waals surface area contributed by atoms with E-state index in [0.717, 1.165) is 26.2 Å². The van der Waals surface area contributed by atoms with Crippen LogP contribution in [0.4, 0.5) is 0 Å². The molecule has 0 saturated carbocycles. The van der Waals surface area contributed by atoms with Crippen molar-refractivity contribution in [1.29, 1.82) is 0 Å². The number of rotatable bonds is 4. The number of amides is 1. The lowest BCUT2D eigenvalue weighted by Crippen LogP contribution is -2.49. The van der Waals surface area contributed by atoms with Crippen LogP contribution in [0.25, 0.3) is 0 Å². The first-order chi connectivity index (χ1) is 8.29. The lowest BCUT2D eigenvalue weighted by Gasteiger charge is -2.34. The summed E-state index contributed by atoms with van der Waals surface area (Å²) in [6, 6.07) is 0. The molecule has 0 aromatic carbocycles. The molecule has 18 heavy (non-hydrogen) atoms. The molecule has 1 unspecified atom stereocenters. The third-order valence-electron chi connectivity index (χ3n) is 3.02. The molecule has 1 amide bonds. The summed E-state index contributed by atoms with van der Waals surface area (Å²) in [4.78, 5) is 14.2. The van der Waals surface area contributed by atoms with Crippen molar-refractivity contribution < 1.29 is 9.53 Å². The quantitative estimate of drug-likeness (QED) is 0.829. The molecule has 0 radical (unpaired) electrons. The van der Waals surface area contributed by atoms with Crippen molar-refractivity contribution in [3.8, 4) is 0 Å². The van der Waals surface area contributed by atoms with Crippen molar-refractivity contribution in [2.24, 2.45) is 11.3 Å². The van der Waals surface area contributed by atoms with Gasteiger partial charge in [0.2, 0.25) is 5.91 Å². The molecule has 0 aromatic heterocycles. The summed E-state index contributed by atoms with van der Waals surface area (Å²) >= 11 is 0. The maximum absolute atomic E-state index is 11.8. The predicted octanol–water partition coefficient (Wildman–Crippen LogP) is 1.51. The van der Waals surface area contributed by atoms with E-state index >= 15 is 0 Å². The van der Waals surface area contributed by atoms with Gasteiger partial charge in [-0.15, -0.1) is 0 Å². The molecule has 1 saturated heterocycles. The lowest BCUT2D eigenvalue weighted by molar-refractivity contribution is -0.129. The summed E-state index contributed by atoms with van der Waals surface area (Å²) in [6.45, 7) is 14.6. The number of nitrogens with zero attached hydrogens (tertiary/aromatic N) is 1. The van der Waals surface area contributed by atoms with Crippen molar-refractivity contribution >= 4 is 5.91 Å². The van der Waals surface area contributed by atoms with Crippen LogP contribution in [0.5, 0.6) is 0 Å². The fraction of sp³-hybridized carbons (Fsp3) is 0.929. The van der Waals surface area contributed by atoms with Gasteiger partial charge in [-0.05, 0) is 5.92 Å². The molecule has 106 valence electrons. The summed E-state index contributed by atoms with van der Waals surface area (Å²) in [5.41, 5.74) is -0.327. The second-order valence-corrected chi connectivity index (χ2v) is 6.61. The average molecular weight is 256 g/mol. The number of nitrogens with one attached hydrogen (secondary N) is 1. The van der Waals surface area contributed by atoms with Crippen LogP contribution >= 0.6 is 0 Å². The van der Waals surface area contributed by atoms with Gasteiger partial charge in [-0.2, -0.15) is 0 Å². The van der Waals surface area contributed by atoms with E-state index in [0.29, 0.717) is 12.5 Å². The van der Waals surface area contributed by atoms with E-state index in [1.807, 2.05) is 20.8 Å². The van der Waals surface area contributed by atoms with E-state index in [1.165, 1.54) is 0 Å². The van der Waals surface area contributed by atoms with Gasteiger partial charge in [-0.25, -0.2) is 0 Å². The number of hydrogen-bond donors (Lipinski definition) is 1. The van der Waals surface area contributed by atoms with E-state index in [-0.39, 0.29) is 17.4 Å². The summed E-state index contributed by atoms with van der Waals surface area (Å²) in [7, 11) is 0. The first-order valence-corrected chi connectivity index (χ1v) is 6.91. The van der Waals surface area contributed by atoms with Crippen LogP contribution in [0.15, 0.2) is 0 Å². The molecule has 0 aliphatic carbocycles. The Bertz CT molecular complexity index is 271. The number of carbonyl (C=O) groups is 1. The Morgan fingerprint density at radius 3 is 2.67 bits per heavy atom. The van der Waals surface area contributed by atoms with Gasteiger partial charge in [-0.3, -0.25) is 9.69 Å². The van der Waals surface area contributed by atoms with Crippen molar-refractivity contribution in [3.63, 3.8) is 0 Å². The zero-order chi connectivity index (χ0) is 13.8. The van der Waals surface area contributed by atoms with Gasteiger partial charge < -0.3 is 10.1 Å². The summed E-state index contributed by atoms with van der Waals surface area (Å²) in [6.07, 6.45) is 0.129. The number of carbonyl (C=O) groups excluding carboxylic acids is 1. The molecule has 0 aromatic rings. The molecule has 1 N–H and O–H groups in total. The Morgan fingerprint density at radius 1 is 1.44 bits per heavy atom. The first kappa shape index (κ1) is 15.4. The van der Waals surface area contributed by atoms with Crippen LogP contribution in [-0.2, 0) is 9.53 Å². The highest BCUT2D eigenvalue weighted by atomic mass is 16.5. The minimum Gasteiger partial charge on any atom is -0.374 e. The monoisotopic (exact) mass is 256 g/mol. The van der Waals surface area contributed by atoms with E-state index in [1.54, 1.807) is 0 Å². The summed E-state index contributed by atoms with van der Waals surface area (Å²) < 4.78 is 5.70. The molecule has 4 heteroatoms. The molecule has 1 aliphatic heterocycles. The topological polar surface area (TPSA) is 41.6 Å². The Kier molecular flexibility index (Phi) is 5.60. The highest BCUT2D eigenvalue weighted by Gasteiger charge is 2.25. The van der Waals surface area contributed by atoms with Crippen molar-refractivity contribution in [3.05, 3.63) is 0 Å². The molecular weight excluding hydrogens is 228 g/mol. The van der Waals surface area contributed by atoms with Gasteiger partial charge in [0.15, 0.2) is 0 Å². The van der Waals surface area contributed by atoms with Crippen molar-refractivity contribution in [2.75, 3.05) is 32.8 Å². The van der Waals surface area contributed by atoms with E-state index < -0.39 is 0 Å². The lowest BCUT2D eigenvalue weighted by atomic mass is 9.95. The maximum Gasteiger partial charge on any atom is 0.225 e. The number of morpholine rings is 1. The molecule has 1 atom stereocenters. The highest BCUT2D eigenvalue weighted by Crippen LogP contribution is 2.13. The zero-order valence-electron chi connectivity index (χ0n) is 12.5. The summed E-state index contributed by atoms with van der Waals surface area (Å²) in [5, 5.41) is 2.98. The van der Waals surface area contributed by atoms with Gasteiger partial charge in [0.05, 0.1) is 12.7 Å². The normalized spacial score (nSPS) is 22.2. The van der Waals surface area contributed by atoms with E-state index in [2.05, 4.69) is 24.1 Å². The van der Waals surface area contributed by atoms with Crippen LogP contribution in [0.1, 0.15) is 34.6 Å². The Morgan fingerprint density at radius 2 is 2.11 bits per heavy atom. The fourth-order valence-electron chi connectivity index (χ4n) is 2.06. The Labute approximate surface area is 111 Å². The van der Waals surface area contributed by atoms with Crippen molar-refractivity contribution in [1.82, 2.24) is 10.2 Å². The second-order valence-electron chi connectivity index (χ2n) is 6.61. The SMILES string of the molecule is CC(C)CN1CCOC(CNC(=O)C(C)(C)C)C1. The maximum atomic E-state index is 11.8. The van der Waals surface area contributed by atoms with Crippen LogP contribution in [0, 0.1) is 11.3 Å². The smallest absolute Gasteiger partial charge is 0.225 e. The van der Waals surface area contributed by atoms with Gasteiger partial charge in [-0.1, -0.05) is 34.6 Å². The van der Waals surface area contributed by atoms with Gasteiger partial charge >= 0.3 is 0 Å². The predicted molar refractivity (Wildman–Crippen MR) is 73.5 cm³/mol. The average Bonchev–Trinajstić information content (AvgIpc) is 2.24. The highest BCUT2D eigenvalue weighted by molar-refractivity contribution is 5.81. The van der Waals surface area contributed by atoms with Gasteiger partial charge in [0.25, 0.3) is 0 Å². The van der Waals surface area contributed by atoms with E-state index in [9.17, 15) is 4.79 Å². The van der Waals surface area contributed by atoms with Crippen LogP contribution < -0.4 is 5.32 Å². The van der Waals surface area contributed by atoms with E-state index in [4.69, 9.17) is 4.74 Å². The third kappa shape index (κ3) is 5.36. The number of ether oxygens (including phenoxy) is 1.